The van der Waals surface area contributed by atoms with Gasteiger partial charge in [0, 0.05) is 24.3 Å². The molecule has 0 amide bonds. The van der Waals surface area contributed by atoms with Crippen molar-refractivity contribution in [1.82, 2.24) is 14.8 Å². The maximum Gasteiger partial charge on any atom is 0.354 e. The summed E-state index contributed by atoms with van der Waals surface area (Å²) in [5.41, 5.74) is 2.48. The first-order valence-electron chi connectivity index (χ1n) is 6.03. The Kier molecular flexibility index (Phi) is 2.71. The van der Waals surface area contributed by atoms with Crippen molar-refractivity contribution in [2.24, 2.45) is 7.05 Å². The van der Waals surface area contributed by atoms with Crippen LogP contribution in [0.15, 0.2) is 30.5 Å². The monoisotopic (exact) mass is 271 g/mol. The lowest BCUT2D eigenvalue weighted by Gasteiger charge is -2.02. The van der Waals surface area contributed by atoms with E-state index in [4.69, 9.17) is 9.84 Å². The van der Waals surface area contributed by atoms with E-state index in [0.29, 0.717) is 5.69 Å². The number of rotatable bonds is 3. The summed E-state index contributed by atoms with van der Waals surface area (Å²) in [6.45, 7) is 0. The van der Waals surface area contributed by atoms with Gasteiger partial charge in [0.05, 0.1) is 18.2 Å². The number of methoxy groups -OCH3 is 1. The van der Waals surface area contributed by atoms with Crippen molar-refractivity contribution in [2.45, 2.75) is 0 Å². The van der Waals surface area contributed by atoms with Crippen molar-refractivity contribution in [3.63, 3.8) is 0 Å². The number of aromatic amines is 1. The Morgan fingerprint density at radius 2 is 2.25 bits per heavy atom. The van der Waals surface area contributed by atoms with Gasteiger partial charge in [0.15, 0.2) is 0 Å². The van der Waals surface area contributed by atoms with Gasteiger partial charge in [-0.15, -0.1) is 0 Å². The molecule has 0 spiro atoms. The Morgan fingerprint density at radius 1 is 1.45 bits per heavy atom. The zero-order chi connectivity index (χ0) is 14.3. The summed E-state index contributed by atoms with van der Waals surface area (Å²) in [6.07, 6.45) is 1.81. The molecule has 2 heterocycles. The maximum atomic E-state index is 11.1. The first-order chi connectivity index (χ1) is 9.61. The minimum atomic E-state index is -1.00. The van der Waals surface area contributed by atoms with Crippen LogP contribution in [0.5, 0.6) is 5.75 Å². The van der Waals surface area contributed by atoms with E-state index < -0.39 is 5.97 Å². The normalized spacial score (nSPS) is 10.9. The predicted molar refractivity (Wildman–Crippen MR) is 74.0 cm³/mol. The molecular formula is C14H13N3O3. The van der Waals surface area contributed by atoms with E-state index in [1.807, 2.05) is 18.2 Å². The van der Waals surface area contributed by atoms with Crippen LogP contribution in [-0.4, -0.2) is 33.0 Å². The van der Waals surface area contributed by atoms with E-state index in [0.717, 1.165) is 22.2 Å². The van der Waals surface area contributed by atoms with E-state index in [9.17, 15) is 4.79 Å². The number of aromatic nitrogens is 3. The summed E-state index contributed by atoms with van der Waals surface area (Å²) in [5.74, 6) is -0.278. The number of fused-ring (bicyclic) bond motifs is 1. The van der Waals surface area contributed by atoms with Gasteiger partial charge in [0.25, 0.3) is 0 Å². The average Bonchev–Trinajstić information content (AvgIpc) is 3.01. The van der Waals surface area contributed by atoms with Gasteiger partial charge in [-0.3, -0.25) is 4.68 Å². The molecule has 0 bridgehead atoms. The number of nitrogens with one attached hydrogen (secondary N) is 1. The highest BCUT2D eigenvalue weighted by molar-refractivity contribution is 6.00. The molecule has 0 saturated heterocycles. The third-order valence-electron chi connectivity index (χ3n) is 3.26. The molecular weight excluding hydrogens is 258 g/mol. The van der Waals surface area contributed by atoms with Crippen LogP contribution in [0, 0.1) is 0 Å². The highest BCUT2D eigenvalue weighted by atomic mass is 16.5. The van der Waals surface area contributed by atoms with Crippen LogP contribution in [0.3, 0.4) is 0 Å². The molecule has 102 valence electrons. The molecule has 0 atom stereocenters. The van der Waals surface area contributed by atoms with Crippen molar-refractivity contribution in [3.8, 4) is 17.0 Å². The van der Waals surface area contributed by atoms with Crippen LogP contribution in [0.25, 0.3) is 22.2 Å². The smallest absolute Gasteiger partial charge is 0.354 e. The molecule has 0 saturated carbocycles. The number of aromatic carboxylic acids is 1. The molecule has 0 aliphatic carbocycles. The lowest BCUT2D eigenvalue weighted by Crippen LogP contribution is -2.04. The number of aryl methyl sites for hydroxylation is 1. The number of carbonyl (C=O) groups is 1. The minimum Gasteiger partial charge on any atom is -0.496 e. The summed E-state index contributed by atoms with van der Waals surface area (Å²) >= 11 is 0. The Labute approximate surface area is 114 Å². The van der Waals surface area contributed by atoms with E-state index >= 15 is 0 Å². The van der Waals surface area contributed by atoms with Crippen LogP contribution in [0.4, 0.5) is 0 Å². The molecule has 0 aliphatic rings. The highest BCUT2D eigenvalue weighted by Crippen LogP contribution is 2.34. The van der Waals surface area contributed by atoms with Crippen LogP contribution in [0.1, 0.15) is 10.5 Å². The Bertz CT molecular complexity index is 801. The number of carboxylic acid groups (broad SMARTS) is 1. The summed E-state index contributed by atoms with van der Waals surface area (Å²) in [7, 11) is 3.21. The molecule has 1 aromatic carbocycles. The van der Waals surface area contributed by atoms with Gasteiger partial charge >= 0.3 is 5.97 Å². The van der Waals surface area contributed by atoms with Gasteiger partial charge in [-0.25, -0.2) is 4.79 Å². The second kappa shape index (κ2) is 4.41. The molecule has 6 heteroatoms. The van der Waals surface area contributed by atoms with Gasteiger partial charge in [-0.1, -0.05) is 6.07 Å². The largest absolute Gasteiger partial charge is 0.496 e. The molecule has 3 aromatic rings. The molecule has 0 aliphatic heterocycles. The topological polar surface area (TPSA) is 80.1 Å². The molecule has 0 fully saturated rings. The molecule has 0 unspecified atom stereocenters. The van der Waals surface area contributed by atoms with E-state index in [1.54, 1.807) is 26.4 Å². The van der Waals surface area contributed by atoms with E-state index in [1.165, 1.54) is 4.68 Å². The Morgan fingerprint density at radius 3 is 2.90 bits per heavy atom. The molecule has 0 radical (unpaired) electrons. The maximum absolute atomic E-state index is 11.1. The number of ether oxygens (including phenoxy) is 1. The van der Waals surface area contributed by atoms with Gasteiger partial charge in [0.1, 0.15) is 11.4 Å². The van der Waals surface area contributed by atoms with E-state index in [2.05, 4.69) is 10.1 Å². The summed E-state index contributed by atoms with van der Waals surface area (Å²) < 4.78 is 6.71. The summed E-state index contributed by atoms with van der Waals surface area (Å²) in [5, 5.41) is 14.3. The predicted octanol–water partition coefficient (Wildman–Crippen LogP) is 2.28. The van der Waals surface area contributed by atoms with Crippen LogP contribution in [-0.2, 0) is 7.05 Å². The number of hydrogen-bond donors (Lipinski definition) is 2. The molecule has 2 N–H and O–H groups in total. The van der Waals surface area contributed by atoms with E-state index in [-0.39, 0.29) is 5.69 Å². The first kappa shape index (κ1) is 12.3. The lowest BCUT2D eigenvalue weighted by atomic mass is 10.1. The fourth-order valence-electron chi connectivity index (χ4n) is 2.32. The number of nitrogens with zero attached hydrogens (tertiary/aromatic N) is 2. The van der Waals surface area contributed by atoms with Gasteiger partial charge in [0.2, 0.25) is 0 Å². The van der Waals surface area contributed by atoms with Crippen molar-refractivity contribution >= 4 is 16.9 Å². The van der Waals surface area contributed by atoms with Gasteiger partial charge in [-0.05, 0) is 18.2 Å². The second-order valence-corrected chi connectivity index (χ2v) is 4.43. The summed E-state index contributed by atoms with van der Waals surface area (Å²) in [4.78, 5) is 14.2. The molecule has 2 aromatic heterocycles. The molecule has 6 nitrogen and oxygen atoms in total. The molecule has 3 rings (SSSR count). The van der Waals surface area contributed by atoms with Crippen molar-refractivity contribution < 1.29 is 14.6 Å². The summed E-state index contributed by atoms with van der Waals surface area (Å²) in [6, 6.07) is 7.24. The third-order valence-corrected chi connectivity index (χ3v) is 3.26. The quantitative estimate of drug-likeness (QED) is 0.765. The zero-order valence-electron chi connectivity index (χ0n) is 11.0. The van der Waals surface area contributed by atoms with Crippen LogP contribution >= 0.6 is 0 Å². The fourth-order valence-corrected chi connectivity index (χ4v) is 2.32. The zero-order valence-corrected chi connectivity index (χ0v) is 11.0. The Hall–Kier alpha value is -2.76. The number of benzene rings is 1. The van der Waals surface area contributed by atoms with Crippen molar-refractivity contribution in [1.29, 1.82) is 0 Å². The number of hydrogen-bond acceptors (Lipinski definition) is 3. The fraction of sp³-hybridized carbons (Fsp3) is 0.143. The van der Waals surface area contributed by atoms with Crippen molar-refractivity contribution in [3.05, 3.63) is 36.2 Å². The minimum absolute atomic E-state index is 0.143. The first-order valence-corrected chi connectivity index (χ1v) is 6.03. The number of H-pyrrole nitrogens is 1. The second-order valence-electron chi connectivity index (χ2n) is 4.43. The van der Waals surface area contributed by atoms with Gasteiger partial charge in [-0.2, -0.15) is 5.10 Å². The highest BCUT2D eigenvalue weighted by Gasteiger charge is 2.17. The van der Waals surface area contributed by atoms with Crippen LogP contribution in [0.2, 0.25) is 0 Å². The van der Waals surface area contributed by atoms with Crippen molar-refractivity contribution in [2.75, 3.05) is 7.11 Å². The molecule has 20 heavy (non-hydrogen) atoms. The standard InChI is InChI=1S/C14H13N3O3/c1-17-11(14(18)19)6-10(16-17)8-7-15-9-4-3-5-12(20-2)13(8)9/h3-7,15H,1-2H3,(H,18,19). The van der Waals surface area contributed by atoms with Crippen LogP contribution < -0.4 is 4.74 Å². The van der Waals surface area contributed by atoms with Gasteiger partial charge < -0.3 is 14.8 Å². The third kappa shape index (κ3) is 1.73. The number of carboxylic acids is 1. The lowest BCUT2D eigenvalue weighted by molar-refractivity contribution is 0.0685. The average molecular weight is 271 g/mol. The Balaban J connectivity index is 2.24. The SMILES string of the molecule is COc1cccc2[nH]cc(-c3cc(C(=O)O)n(C)n3)c12.